The first kappa shape index (κ1) is 27.4. The summed E-state index contributed by atoms with van der Waals surface area (Å²) in [4.78, 5) is 12.1. The van der Waals surface area contributed by atoms with Gasteiger partial charge in [0.25, 0.3) is 5.91 Å². The van der Waals surface area contributed by atoms with Crippen molar-refractivity contribution < 1.29 is 14.3 Å². The highest BCUT2D eigenvalue weighted by Crippen LogP contribution is 2.36. The molecule has 2 aromatic carbocycles. The fourth-order valence-electron chi connectivity index (χ4n) is 4.16. The van der Waals surface area contributed by atoms with Gasteiger partial charge in [-0.25, -0.2) is 5.43 Å². The molecule has 0 saturated carbocycles. The van der Waals surface area contributed by atoms with Gasteiger partial charge in [-0.15, -0.1) is 0 Å². The second-order valence-corrected chi connectivity index (χ2v) is 10.7. The molecule has 5 nitrogen and oxygen atoms in total. The highest BCUT2D eigenvalue weighted by Gasteiger charge is 2.27. The Morgan fingerprint density at radius 2 is 1.50 bits per heavy atom. The van der Waals surface area contributed by atoms with Crippen LogP contribution >= 0.6 is 0 Å². The van der Waals surface area contributed by atoms with Crippen LogP contribution in [0.3, 0.4) is 0 Å². The number of ether oxygens (including phenoxy) is 2. The third-order valence-electron chi connectivity index (χ3n) is 5.53. The summed E-state index contributed by atoms with van der Waals surface area (Å²) in [5.41, 5.74) is 4.97. The lowest BCUT2D eigenvalue weighted by Gasteiger charge is -2.33. The van der Waals surface area contributed by atoms with Gasteiger partial charge >= 0.3 is 0 Å². The van der Waals surface area contributed by atoms with Crippen LogP contribution in [-0.2, 0) is 10.2 Å². The van der Waals surface area contributed by atoms with Gasteiger partial charge in [-0.3, -0.25) is 4.79 Å². The van der Waals surface area contributed by atoms with Crippen LogP contribution in [0.1, 0.15) is 84.8 Å². The minimum Gasteiger partial charge on any atom is -0.494 e. The summed E-state index contributed by atoms with van der Waals surface area (Å²) in [6.07, 6.45) is 7.43. The Morgan fingerprint density at radius 1 is 0.882 bits per heavy atom. The summed E-state index contributed by atoms with van der Waals surface area (Å²) in [6, 6.07) is 15.7. The molecule has 186 valence electrons. The summed E-state index contributed by atoms with van der Waals surface area (Å²) < 4.78 is 11.4. The molecule has 0 radical (unpaired) electrons. The standard InChI is InChI=1S/C29H42N2O3/c1-7-8-9-10-19-33-25-15-11-23(12-16-25)20-30-31-27(32)21-34-26-17-13-24(14-18-26)29(5,6)22-28(2,3)4/h11-18,20H,7-10,19,21-22H2,1-6H3,(H,31,32)/b30-20+. The molecular weight excluding hydrogens is 424 g/mol. The quantitative estimate of drug-likeness (QED) is 0.199. The van der Waals surface area contributed by atoms with Crippen molar-refractivity contribution in [3.05, 3.63) is 59.7 Å². The molecule has 5 heteroatoms. The van der Waals surface area contributed by atoms with E-state index in [1.165, 1.54) is 24.8 Å². The number of benzene rings is 2. The lowest BCUT2D eigenvalue weighted by Crippen LogP contribution is -2.25. The molecule has 0 bridgehead atoms. The average molecular weight is 467 g/mol. The zero-order chi connectivity index (χ0) is 25.0. The molecule has 0 spiro atoms. The number of carbonyl (C=O) groups is 1. The molecule has 1 N–H and O–H groups in total. The molecule has 0 heterocycles. The van der Waals surface area contributed by atoms with E-state index in [1.54, 1.807) is 6.21 Å². The van der Waals surface area contributed by atoms with Crippen LogP contribution in [0.2, 0.25) is 0 Å². The van der Waals surface area contributed by atoms with Crippen LogP contribution in [-0.4, -0.2) is 25.3 Å². The maximum atomic E-state index is 12.1. The highest BCUT2D eigenvalue weighted by atomic mass is 16.5. The lowest BCUT2D eigenvalue weighted by molar-refractivity contribution is -0.123. The molecule has 0 atom stereocenters. The SMILES string of the molecule is CCCCCCOc1ccc(/C=N/NC(=O)COc2ccc(C(C)(C)CC(C)(C)C)cc2)cc1. The minimum atomic E-state index is -0.305. The first-order valence-electron chi connectivity index (χ1n) is 12.4. The number of carbonyl (C=O) groups excluding carboxylic acids is 1. The summed E-state index contributed by atoms with van der Waals surface area (Å²) in [5.74, 6) is 1.21. The van der Waals surface area contributed by atoms with Crippen molar-refractivity contribution in [2.75, 3.05) is 13.2 Å². The number of hydrazone groups is 1. The van der Waals surface area contributed by atoms with Gasteiger partial charge in [-0.2, -0.15) is 5.10 Å². The number of nitrogens with zero attached hydrogens (tertiary/aromatic N) is 1. The number of hydrogen-bond acceptors (Lipinski definition) is 4. The van der Waals surface area contributed by atoms with Gasteiger partial charge in [0.1, 0.15) is 11.5 Å². The molecule has 0 aliphatic heterocycles. The Hall–Kier alpha value is -2.82. The molecule has 0 aromatic heterocycles. The minimum absolute atomic E-state index is 0.0713. The molecular formula is C29H42N2O3. The number of amides is 1. The first-order chi connectivity index (χ1) is 16.1. The van der Waals surface area contributed by atoms with Crippen LogP contribution in [0.4, 0.5) is 0 Å². The molecule has 0 fully saturated rings. The fourth-order valence-corrected chi connectivity index (χ4v) is 4.16. The Morgan fingerprint density at radius 3 is 2.12 bits per heavy atom. The van der Waals surface area contributed by atoms with Crippen LogP contribution < -0.4 is 14.9 Å². The van der Waals surface area contributed by atoms with Crippen molar-refractivity contribution in [1.29, 1.82) is 0 Å². The van der Waals surface area contributed by atoms with Gasteiger partial charge in [0.2, 0.25) is 0 Å². The maximum Gasteiger partial charge on any atom is 0.277 e. The van der Waals surface area contributed by atoms with Crippen molar-refractivity contribution in [3.63, 3.8) is 0 Å². The van der Waals surface area contributed by atoms with Gasteiger partial charge in [0.15, 0.2) is 6.61 Å². The van der Waals surface area contributed by atoms with Gasteiger partial charge in [-0.1, -0.05) is 72.9 Å². The van der Waals surface area contributed by atoms with Crippen molar-refractivity contribution in [2.24, 2.45) is 10.5 Å². The van der Waals surface area contributed by atoms with Crippen LogP contribution in [0.15, 0.2) is 53.6 Å². The fraction of sp³-hybridized carbons (Fsp3) is 0.517. The highest BCUT2D eigenvalue weighted by molar-refractivity contribution is 5.83. The monoisotopic (exact) mass is 466 g/mol. The number of rotatable bonds is 13. The largest absolute Gasteiger partial charge is 0.494 e. The van der Waals surface area contributed by atoms with Crippen LogP contribution in [0.5, 0.6) is 11.5 Å². The van der Waals surface area contributed by atoms with Crippen LogP contribution in [0.25, 0.3) is 0 Å². The van der Waals surface area contributed by atoms with E-state index in [1.807, 2.05) is 36.4 Å². The van der Waals surface area contributed by atoms with Gasteiger partial charge in [0, 0.05) is 0 Å². The van der Waals surface area contributed by atoms with Crippen molar-refractivity contribution in [2.45, 2.75) is 79.1 Å². The number of unbranched alkanes of at least 4 members (excludes halogenated alkanes) is 3. The summed E-state index contributed by atoms with van der Waals surface area (Å²) in [7, 11) is 0. The Balaban J connectivity index is 1.74. The van der Waals surface area contributed by atoms with E-state index in [2.05, 4.69) is 64.2 Å². The van der Waals surface area contributed by atoms with Crippen molar-refractivity contribution >= 4 is 12.1 Å². The van der Waals surface area contributed by atoms with E-state index in [9.17, 15) is 4.79 Å². The summed E-state index contributed by atoms with van der Waals surface area (Å²) in [6.45, 7) is 14.1. The second kappa shape index (κ2) is 13.2. The van der Waals surface area contributed by atoms with Gasteiger partial charge in [-0.05, 0) is 71.2 Å². The number of hydrogen-bond donors (Lipinski definition) is 1. The molecule has 0 saturated heterocycles. The normalized spacial score (nSPS) is 12.1. The van der Waals surface area contributed by atoms with Crippen LogP contribution in [0, 0.1) is 5.41 Å². The van der Waals surface area contributed by atoms with E-state index in [0.717, 1.165) is 30.8 Å². The average Bonchev–Trinajstić information content (AvgIpc) is 2.77. The van der Waals surface area contributed by atoms with Crippen molar-refractivity contribution in [3.8, 4) is 11.5 Å². The Kier molecular flexibility index (Phi) is 10.6. The molecule has 2 rings (SSSR count). The lowest BCUT2D eigenvalue weighted by atomic mass is 9.72. The molecule has 0 aliphatic carbocycles. The summed E-state index contributed by atoms with van der Waals surface area (Å²) >= 11 is 0. The molecule has 0 aliphatic rings. The van der Waals surface area contributed by atoms with Gasteiger partial charge in [0.05, 0.1) is 12.8 Å². The third-order valence-corrected chi connectivity index (χ3v) is 5.53. The Bertz CT molecular complexity index is 894. The molecule has 2 aromatic rings. The predicted molar refractivity (Wildman–Crippen MR) is 141 cm³/mol. The molecule has 0 unspecified atom stereocenters. The first-order valence-corrected chi connectivity index (χ1v) is 12.4. The Labute approximate surface area is 205 Å². The van der Waals surface area contributed by atoms with E-state index in [0.29, 0.717) is 5.75 Å². The topological polar surface area (TPSA) is 59.9 Å². The zero-order valence-corrected chi connectivity index (χ0v) is 21.8. The summed E-state index contributed by atoms with van der Waals surface area (Å²) in [5, 5.41) is 4.01. The van der Waals surface area contributed by atoms with E-state index in [4.69, 9.17) is 9.47 Å². The second-order valence-electron chi connectivity index (χ2n) is 10.7. The third kappa shape index (κ3) is 10.4. The van der Waals surface area contributed by atoms with Crippen molar-refractivity contribution in [1.82, 2.24) is 5.43 Å². The van der Waals surface area contributed by atoms with Gasteiger partial charge < -0.3 is 9.47 Å². The van der Waals surface area contributed by atoms with E-state index in [-0.39, 0.29) is 23.3 Å². The predicted octanol–water partition coefficient (Wildman–Crippen LogP) is 6.89. The van der Waals surface area contributed by atoms with E-state index >= 15 is 0 Å². The molecule has 1 amide bonds. The smallest absolute Gasteiger partial charge is 0.277 e. The number of nitrogens with one attached hydrogen (secondary N) is 1. The zero-order valence-electron chi connectivity index (χ0n) is 21.8. The molecule has 34 heavy (non-hydrogen) atoms. The maximum absolute atomic E-state index is 12.1. The van der Waals surface area contributed by atoms with E-state index < -0.39 is 0 Å².